The van der Waals surface area contributed by atoms with Gasteiger partial charge in [0.2, 0.25) is 5.91 Å². The van der Waals surface area contributed by atoms with Crippen LogP contribution >= 0.6 is 23.2 Å². The first kappa shape index (κ1) is 19.5. The van der Waals surface area contributed by atoms with Crippen molar-refractivity contribution < 1.29 is 9.59 Å². The molecule has 0 radical (unpaired) electrons. The van der Waals surface area contributed by atoms with Gasteiger partial charge in [-0.05, 0) is 54.8 Å². The van der Waals surface area contributed by atoms with Crippen LogP contribution in [0.4, 0.5) is 5.69 Å². The highest BCUT2D eigenvalue weighted by Gasteiger charge is 2.24. The predicted molar refractivity (Wildman–Crippen MR) is 108 cm³/mol. The minimum atomic E-state index is -0.253. The fraction of sp³-hybridized carbons (Fsp3) is 0.300. The summed E-state index contributed by atoms with van der Waals surface area (Å²) in [5, 5.41) is 3.93. The Morgan fingerprint density at radius 1 is 1.15 bits per heavy atom. The van der Waals surface area contributed by atoms with Crippen LogP contribution in [0.25, 0.3) is 0 Å². The maximum atomic E-state index is 12.4. The molecular weight excluding hydrogens is 385 g/mol. The lowest BCUT2D eigenvalue weighted by atomic mass is 9.97. The van der Waals surface area contributed by atoms with E-state index in [2.05, 4.69) is 10.2 Å². The lowest BCUT2D eigenvalue weighted by Gasteiger charge is -2.33. The smallest absolute Gasteiger partial charge is 0.251 e. The molecule has 0 saturated carbocycles. The Morgan fingerprint density at radius 2 is 1.89 bits per heavy atom. The van der Waals surface area contributed by atoms with Crippen LogP contribution in [0.1, 0.15) is 28.8 Å². The summed E-state index contributed by atoms with van der Waals surface area (Å²) in [7, 11) is 0. The Kier molecular flexibility index (Phi) is 6.24. The van der Waals surface area contributed by atoms with Gasteiger partial charge in [0.05, 0.1) is 5.92 Å². The Bertz CT molecular complexity index is 840. The van der Waals surface area contributed by atoms with Crippen LogP contribution in [0.15, 0.2) is 42.5 Å². The third kappa shape index (κ3) is 4.93. The average Bonchev–Trinajstić information content (AvgIpc) is 2.67. The van der Waals surface area contributed by atoms with E-state index in [0.717, 1.165) is 30.6 Å². The molecule has 142 valence electrons. The molecule has 27 heavy (non-hydrogen) atoms. The van der Waals surface area contributed by atoms with Crippen LogP contribution in [-0.4, -0.2) is 24.9 Å². The quantitative estimate of drug-likeness (QED) is 0.797. The van der Waals surface area contributed by atoms with E-state index in [9.17, 15) is 9.59 Å². The monoisotopic (exact) mass is 405 g/mol. The number of carbonyl (C=O) groups is 2. The molecule has 1 aliphatic heterocycles. The zero-order chi connectivity index (χ0) is 19.4. The molecule has 7 heteroatoms. The summed E-state index contributed by atoms with van der Waals surface area (Å²) in [5.41, 5.74) is 7.79. The topological polar surface area (TPSA) is 75.4 Å². The minimum absolute atomic E-state index is 0.120. The van der Waals surface area contributed by atoms with Crippen molar-refractivity contribution in [2.75, 3.05) is 18.0 Å². The van der Waals surface area contributed by atoms with Gasteiger partial charge < -0.3 is 16.0 Å². The number of primary amides is 1. The maximum absolute atomic E-state index is 12.4. The van der Waals surface area contributed by atoms with Crippen LogP contribution < -0.4 is 16.0 Å². The third-order valence-electron chi connectivity index (χ3n) is 4.77. The van der Waals surface area contributed by atoms with Crippen molar-refractivity contribution in [3.05, 3.63) is 63.6 Å². The van der Waals surface area contributed by atoms with Crippen LogP contribution in [0, 0.1) is 5.92 Å². The number of halogens is 2. The number of piperidine rings is 1. The highest BCUT2D eigenvalue weighted by Crippen LogP contribution is 2.24. The van der Waals surface area contributed by atoms with Crippen LogP contribution in [-0.2, 0) is 11.3 Å². The van der Waals surface area contributed by atoms with Gasteiger partial charge in [-0.3, -0.25) is 9.59 Å². The standard InChI is InChI=1S/C20H21Cl2N3O2/c21-16-6-3-14(18(22)10-16)11-24-20(27)13-4-7-17(8-5-13)25-9-1-2-15(12-25)19(23)26/h3-8,10,15H,1-2,9,11-12H2,(H2,23,26)(H,24,27)/t15-/m1/s1. The van der Waals surface area contributed by atoms with Gasteiger partial charge in [-0.25, -0.2) is 0 Å². The molecule has 3 rings (SSSR count). The summed E-state index contributed by atoms with van der Waals surface area (Å²) in [6, 6.07) is 12.5. The van der Waals surface area contributed by atoms with E-state index in [4.69, 9.17) is 28.9 Å². The molecule has 5 nitrogen and oxygen atoms in total. The highest BCUT2D eigenvalue weighted by atomic mass is 35.5. The van der Waals surface area contributed by atoms with E-state index < -0.39 is 0 Å². The number of benzene rings is 2. The average molecular weight is 406 g/mol. The highest BCUT2D eigenvalue weighted by molar-refractivity contribution is 6.35. The van der Waals surface area contributed by atoms with Crippen molar-refractivity contribution in [2.24, 2.45) is 11.7 Å². The zero-order valence-electron chi connectivity index (χ0n) is 14.8. The van der Waals surface area contributed by atoms with Crippen molar-refractivity contribution >= 4 is 40.7 Å². The minimum Gasteiger partial charge on any atom is -0.371 e. The second-order valence-corrected chi connectivity index (χ2v) is 7.50. The van der Waals surface area contributed by atoms with Crippen molar-refractivity contribution in [1.82, 2.24) is 5.32 Å². The number of hydrogen-bond donors (Lipinski definition) is 2. The van der Waals surface area contributed by atoms with Gasteiger partial charge in [0.1, 0.15) is 0 Å². The van der Waals surface area contributed by atoms with Crippen LogP contribution in [0.3, 0.4) is 0 Å². The van der Waals surface area contributed by atoms with Gasteiger partial charge in [-0.1, -0.05) is 29.3 Å². The molecule has 2 aromatic carbocycles. The molecule has 0 aromatic heterocycles. The molecule has 0 bridgehead atoms. The molecular formula is C20H21Cl2N3O2. The summed E-state index contributed by atoms with van der Waals surface area (Å²) < 4.78 is 0. The second-order valence-electron chi connectivity index (χ2n) is 6.65. The summed E-state index contributed by atoms with van der Waals surface area (Å²) in [6.07, 6.45) is 1.76. The molecule has 1 aliphatic rings. The fourth-order valence-electron chi connectivity index (χ4n) is 3.21. The number of amides is 2. The van der Waals surface area contributed by atoms with Crippen molar-refractivity contribution in [1.29, 1.82) is 0 Å². The number of rotatable bonds is 5. The second kappa shape index (κ2) is 8.63. The summed E-state index contributed by atoms with van der Waals surface area (Å²) in [5.74, 6) is -0.552. The van der Waals surface area contributed by atoms with Gasteiger partial charge in [0.15, 0.2) is 0 Å². The normalized spacial score (nSPS) is 16.8. The molecule has 1 saturated heterocycles. The number of nitrogens with two attached hydrogens (primary N) is 1. The summed E-state index contributed by atoms with van der Waals surface area (Å²) in [4.78, 5) is 25.9. The molecule has 1 heterocycles. The van der Waals surface area contributed by atoms with E-state index in [1.165, 1.54) is 0 Å². The molecule has 2 amide bonds. The Labute approximate surface area is 168 Å². The van der Waals surface area contributed by atoms with Crippen molar-refractivity contribution in [3.8, 4) is 0 Å². The van der Waals surface area contributed by atoms with Crippen LogP contribution in [0.5, 0.6) is 0 Å². The van der Waals surface area contributed by atoms with Crippen LogP contribution in [0.2, 0.25) is 10.0 Å². The lowest BCUT2D eigenvalue weighted by molar-refractivity contribution is -0.122. The van der Waals surface area contributed by atoms with Gasteiger partial charge >= 0.3 is 0 Å². The maximum Gasteiger partial charge on any atom is 0.251 e. The Morgan fingerprint density at radius 3 is 2.56 bits per heavy atom. The molecule has 1 atom stereocenters. The first-order chi connectivity index (χ1) is 12.9. The van der Waals surface area contributed by atoms with Gasteiger partial charge in [-0.2, -0.15) is 0 Å². The van der Waals surface area contributed by atoms with Crippen molar-refractivity contribution in [2.45, 2.75) is 19.4 Å². The number of carbonyl (C=O) groups excluding carboxylic acids is 2. The number of nitrogens with zero attached hydrogens (tertiary/aromatic N) is 1. The lowest BCUT2D eigenvalue weighted by Crippen LogP contribution is -2.41. The third-order valence-corrected chi connectivity index (χ3v) is 5.36. The number of nitrogens with one attached hydrogen (secondary N) is 1. The van der Waals surface area contributed by atoms with Gasteiger partial charge in [-0.15, -0.1) is 0 Å². The zero-order valence-corrected chi connectivity index (χ0v) is 16.3. The van der Waals surface area contributed by atoms with Crippen molar-refractivity contribution in [3.63, 3.8) is 0 Å². The van der Waals surface area contributed by atoms with E-state index in [1.807, 2.05) is 12.1 Å². The molecule has 3 N–H and O–H groups in total. The van der Waals surface area contributed by atoms with E-state index in [-0.39, 0.29) is 17.7 Å². The van der Waals surface area contributed by atoms with E-state index >= 15 is 0 Å². The molecule has 2 aromatic rings. The number of hydrogen-bond acceptors (Lipinski definition) is 3. The number of anilines is 1. The van der Waals surface area contributed by atoms with E-state index in [1.54, 1.807) is 30.3 Å². The first-order valence-electron chi connectivity index (χ1n) is 8.80. The molecule has 0 aliphatic carbocycles. The Balaban J connectivity index is 1.61. The largest absolute Gasteiger partial charge is 0.371 e. The SMILES string of the molecule is NC(=O)[C@@H]1CCCN(c2ccc(C(=O)NCc3ccc(Cl)cc3Cl)cc2)C1. The summed E-state index contributed by atoms with van der Waals surface area (Å²) in [6.45, 7) is 1.82. The first-order valence-corrected chi connectivity index (χ1v) is 9.56. The van der Waals surface area contributed by atoms with Gasteiger partial charge in [0, 0.05) is 40.9 Å². The predicted octanol–water partition coefficient (Wildman–Crippen LogP) is 3.63. The molecule has 0 spiro atoms. The summed E-state index contributed by atoms with van der Waals surface area (Å²) >= 11 is 12.0. The molecule has 0 unspecified atom stereocenters. The fourth-order valence-corrected chi connectivity index (χ4v) is 3.69. The van der Waals surface area contributed by atoms with Gasteiger partial charge in [0.25, 0.3) is 5.91 Å². The molecule has 1 fully saturated rings. The van der Waals surface area contributed by atoms with E-state index in [0.29, 0.717) is 28.7 Å². The Hall–Kier alpha value is -2.24.